The molecule has 0 fully saturated rings. The van der Waals surface area contributed by atoms with Crippen molar-refractivity contribution in [1.29, 1.82) is 0 Å². The third-order valence-electron chi connectivity index (χ3n) is 4.37. The molecule has 1 heterocycles. The van der Waals surface area contributed by atoms with Gasteiger partial charge in [-0.15, -0.1) is 13.2 Å². The van der Waals surface area contributed by atoms with Crippen LogP contribution in [-0.2, 0) is 6.42 Å². The van der Waals surface area contributed by atoms with E-state index in [2.05, 4.69) is 9.72 Å². The maximum Gasteiger partial charge on any atom is 0.573 e. The Hall–Kier alpha value is -2.67. The van der Waals surface area contributed by atoms with Gasteiger partial charge in [-0.2, -0.15) is 0 Å². The van der Waals surface area contributed by atoms with Gasteiger partial charge in [0, 0.05) is 16.6 Å². The van der Waals surface area contributed by atoms with E-state index in [0.717, 1.165) is 46.3 Å². The summed E-state index contributed by atoms with van der Waals surface area (Å²) < 4.78 is 47.0. The molecule has 0 aliphatic heterocycles. The molecule has 0 aliphatic carbocycles. The zero-order valence-corrected chi connectivity index (χ0v) is 14.9. The molecule has 4 nitrogen and oxygen atoms in total. The van der Waals surface area contributed by atoms with E-state index in [9.17, 15) is 13.2 Å². The maximum absolute atomic E-state index is 12.6. The van der Waals surface area contributed by atoms with E-state index in [4.69, 9.17) is 10.5 Å². The van der Waals surface area contributed by atoms with E-state index >= 15 is 0 Å². The summed E-state index contributed by atoms with van der Waals surface area (Å²) in [7, 11) is 1.60. The van der Waals surface area contributed by atoms with Crippen LogP contribution in [-0.4, -0.2) is 25.0 Å². The molecule has 27 heavy (non-hydrogen) atoms. The van der Waals surface area contributed by atoms with Crippen LogP contribution in [0.2, 0.25) is 0 Å². The zero-order valence-electron chi connectivity index (χ0n) is 14.9. The molecule has 0 saturated carbocycles. The van der Waals surface area contributed by atoms with Crippen molar-refractivity contribution in [3.63, 3.8) is 0 Å². The number of ether oxygens (including phenoxy) is 2. The minimum atomic E-state index is -4.72. The third kappa shape index (κ3) is 4.54. The summed E-state index contributed by atoms with van der Waals surface area (Å²) in [5.41, 5.74) is 9.13. The second-order valence-corrected chi connectivity index (χ2v) is 6.21. The van der Waals surface area contributed by atoms with Crippen molar-refractivity contribution >= 4 is 10.9 Å². The molecule has 144 valence electrons. The van der Waals surface area contributed by atoms with E-state index in [1.54, 1.807) is 13.2 Å². The van der Waals surface area contributed by atoms with E-state index < -0.39 is 6.36 Å². The summed E-state index contributed by atoms with van der Waals surface area (Å²) in [5, 5.41) is 0.722. The van der Waals surface area contributed by atoms with Crippen LogP contribution < -0.4 is 15.2 Å². The molecule has 0 saturated heterocycles. The molecule has 3 rings (SSSR count). The first-order valence-corrected chi connectivity index (χ1v) is 8.66. The first-order chi connectivity index (χ1) is 12.9. The number of hydrogen-bond donors (Lipinski definition) is 2. The summed E-state index contributed by atoms with van der Waals surface area (Å²) in [6, 6.07) is 11.9. The van der Waals surface area contributed by atoms with Gasteiger partial charge in [0.1, 0.15) is 11.5 Å². The molecule has 0 spiro atoms. The molecule has 0 atom stereocenters. The van der Waals surface area contributed by atoms with Crippen LogP contribution in [0.25, 0.3) is 22.2 Å². The Morgan fingerprint density at radius 1 is 1.00 bits per heavy atom. The van der Waals surface area contributed by atoms with Gasteiger partial charge in [0.05, 0.1) is 7.11 Å². The van der Waals surface area contributed by atoms with Crippen molar-refractivity contribution in [2.24, 2.45) is 5.73 Å². The first kappa shape index (κ1) is 19.1. The molecule has 3 aromatic rings. The topological polar surface area (TPSA) is 60.3 Å². The van der Waals surface area contributed by atoms with Crippen LogP contribution >= 0.6 is 0 Å². The molecular weight excluding hydrogens is 357 g/mol. The number of unbranched alkanes of at least 4 members (excludes halogenated alkanes) is 1. The van der Waals surface area contributed by atoms with Gasteiger partial charge in [0.15, 0.2) is 0 Å². The predicted octanol–water partition coefficient (Wildman–Crippen LogP) is 5.02. The number of H-pyrrole nitrogens is 1. The lowest BCUT2D eigenvalue weighted by Crippen LogP contribution is -2.16. The number of hydrogen-bond acceptors (Lipinski definition) is 3. The molecule has 3 N–H and O–H groups in total. The number of benzene rings is 2. The Balaban J connectivity index is 2.06. The summed E-state index contributed by atoms with van der Waals surface area (Å²) in [6.07, 6.45) is -2.33. The van der Waals surface area contributed by atoms with Crippen molar-refractivity contribution in [1.82, 2.24) is 4.98 Å². The third-order valence-corrected chi connectivity index (χ3v) is 4.37. The number of halogens is 3. The SMILES string of the molecule is COc1ccc(-c2[nH]c3ccc(OC(F)(F)F)cc3c2CCCCN)cc1. The van der Waals surface area contributed by atoms with Crippen LogP contribution in [0, 0.1) is 0 Å². The quantitative estimate of drug-likeness (QED) is 0.567. The lowest BCUT2D eigenvalue weighted by Gasteiger charge is -2.09. The number of nitrogens with one attached hydrogen (secondary N) is 1. The van der Waals surface area contributed by atoms with Gasteiger partial charge in [0.25, 0.3) is 0 Å². The number of rotatable bonds is 7. The number of nitrogens with two attached hydrogens (primary N) is 1. The Morgan fingerprint density at radius 3 is 2.33 bits per heavy atom. The van der Waals surface area contributed by atoms with Crippen LogP contribution in [0.15, 0.2) is 42.5 Å². The van der Waals surface area contributed by atoms with Gasteiger partial charge < -0.3 is 20.2 Å². The molecule has 1 aromatic heterocycles. The number of alkyl halides is 3. The Kier molecular flexibility index (Phi) is 5.60. The smallest absolute Gasteiger partial charge is 0.497 e. The highest BCUT2D eigenvalue weighted by Gasteiger charge is 2.31. The fourth-order valence-corrected chi connectivity index (χ4v) is 3.13. The summed E-state index contributed by atoms with van der Waals surface area (Å²) in [4.78, 5) is 3.33. The molecule has 0 radical (unpaired) electrons. The van der Waals surface area contributed by atoms with Gasteiger partial charge in [-0.3, -0.25) is 0 Å². The van der Waals surface area contributed by atoms with Gasteiger partial charge in [-0.1, -0.05) is 0 Å². The molecule has 0 bridgehead atoms. The predicted molar refractivity (Wildman–Crippen MR) is 99.0 cm³/mol. The standard InChI is InChI=1S/C20H21F3N2O2/c1-26-14-7-5-13(6-8-14)19-16(4-2-3-11-24)17-12-15(27-20(21,22)23)9-10-18(17)25-19/h5-10,12,25H,2-4,11,24H2,1H3. The Labute approximate surface area is 155 Å². The lowest BCUT2D eigenvalue weighted by atomic mass is 10.00. The average Bonchev–Trinajstić information content (AvgIpc) is 2.99. The van der Waals surface area contributed by atoms with Gasteiger partial charge in [-0.25, -0.2) is 0 Å². The fourth-order valence-electron chi connectivity index (χ4n) is 3.13. The minimum absolute atomic E-state index is 0.227. The summed E-state index contributed by atoms with van der Waals surface area (Å²) >= 11 is 0. The lowest BCUT2D eigenvalue weighted by molar-refractivity contribution is -0.274. The van der Waals surface area contributed by atoms with Gasteiger partial charge in [-0.05, 0) is 79.4 Å². The van der Waals surface area contributed by atoms with Crippen molar-refractivity contribution in [3.8, 4) is 22.8 Å². The molecule has 0 amide bonds. The number of fused-ring (bicyclic) bond motifs is 1. The Morgan fingerprint density at radius 2 is 1.70 bits per heavy atom. The maximum atomic E-state index is 12.6. The summed E-state index contributed by atoms with van der Waals surface area (Å²) in [5.74, 6) is 0.510. The van der Waals surface area contributed by atoms with Crippen molar-refractivity contribution < 1.29 is 22.6 Å². The fraction of sp³-hybridized carbons (Fsp3) is 0.300. The molecule has 2 aromatic carbocycles. The van der Waals surface area contributed by atoms with Crippen molar-refractivity contribution in [3.05, 3.63) is 48.0 Å². The van der Waals surface area contributed by atoms with Crippen LogP contribution in [0.1, 0.15) is 18.4 Å². The normalized spacial score (nSPS) is 11.7. The van der Waals surface area contributed by atoms with Gasteiger partial charge >= 0.3 is 6.36 Å². The van der Waals surface area contributed by atoms with E-state index in [1.165, 1.54) is 12.1 Å². The molecule has 0 aliphatic rings. The minimum Gasteiger partial charge on any atom is -0.497 e. The highest BCUT2D eigenvalue weighted by Crippen LogP contribution is 2.35. The van der Waals surface area contributed by atoms with Crippen molar-refractivity contribution in [2.45, 2.75) is 25.6 Å². The number of methoxy groups -OCH3 is 1. The monoisotopic (exact) mass is 378 g/mol. The second kappa shape index (κ2) is 7.92. The van der Waals surface area contributed by atoms with Crippen molar-refractivity contribution in [2.75, 3.05) is 13.7 Å². The number of aromatic amines is 1. The zero-order chi connectivity index (χ0) is 19.4. The van der Waals surface area contributed by atoms with Crippen LogP contribution in [0.3, 0.4) is 0 Å². The van der Waals surface area contributed by atoms with E-state index in [0.29, 0.717) is 13.0 Å². The Bertz CT molecular complexity index is 902. The number of aryl methyl sites for hydroxylation is 1. The van der Waals surface area contributed by atoms with Crippen LogP contribution in [0.4, 0.5) is 13.2 Å². The highest BCUT2D eigenvalue weighted by molar-refractivity contribution is 5.91. The summed E-state index contributed by atoms with van der Waals surface area (Å²) in [6.45, 7) is 0.572. The molecule has 0 unspecified atom stereocenters. The molecular formula is C20H21F3N2O2. The van der Waals surface area contributed by atoms with E-state index in [-0.39, 0.29) is 5.75 Å². The number of aromatic nitrogens is 1. The first-order valence-electron chi connectivity index (χ1n) is 8.66. The van der Waals surface area contributed by atoms with Gasteiger partial charge in [0.2, 0.25) is 0 Å². The van der Waals surface area contributed by atoms with E-state index in [1.807, 2.05) is 24.3 Å². The average molecular weight is 378 g/mol. The highest BCUT2D eigenvalue weighted by atomic mass is 19.4. The second-order valence-electron chi connectivity index (χ2n) is 6.21. The van der Waals surface area contributed by atoms with Crippen LogP contribution in [0.5, 0.6) is 11.5 Å². The largest absolute Gasteiger partial charge is 0.573 e. The molecule has 7 heteroatoms.